The molecular weight excluding hydrogens is 350 g/mol. The van der Waals surface area contributed by atoms with Crippen molar-refractivity contribution in [3.8, 4) is 0 Å². The number of halogens is 2. The topological polar surface area (TPSA) is 0 Å². The summed E-state index contributed by atoms with van der Waals surface area (Å²) in [5.41, 5.74) is 1.32. The van der Waals surface area contributed by atoms with E-state index in [0.717, 1.165) is 23.1 Å². The number of unbranched alkanes of at least 4 members (excludes halogenated alkanes) is 3. The third-order valence-corrected chi connectivity index (χ3v) is 7.59. The summed E-state index contributed by atoms with van der Waals surface area (Å²) in [6.45, 7) is 2.29. The van der Waals surface area contributed by atoms with Crippen molar-refractivity contribution in [3.05, 3.63) is 47.5 Å². The Hall–Kier alpha value is -1.44. The zero-order valence-corrected chi connectivity index (χ0v) is 17.2. The van der Waals surface area contributed by atoms with Crippen LogP contribution in [0.3, 0.4) is 0 Å². The maximum absolute atomic E-state index is 14.0. The average molecular weight is 385 g/mol. The molecule has 2 heteroatoms. The van der Waals surface area contributed by atoms with Gasteiger partial charge in [-0.25, -0.2) is 8.78 Å². The van der Waals surface area contributed by atoms with Gasteiger partial charge in [0.15, 0.2) is 11.6 Å². The minimum Gasteiger partial charge on any atom is -0.204 e. The van der Waals surface area contributed by atoms with E-state index in [9.17, 15) is 8.78 Å². The largest absolute Gasteiger partial charge is 0.204 e. The molecule has 2 aliphatic carbocycles. The molecule has 2 aromatic carbocycles. The molecule has 0 spiro atoms. The van der Waals surface area contributed by atoms with Crippen molar-refractivity contribution in [2.75, 3.05) is 0 Å². The summed E-state index contributed by atoms with van der Waals surface area (Å²) < 4.78 is 27.4. The molecule has 0 aromatic heterocycles. The summed E-state index contributed by atoms with van der Waals surface area (Å²) in [6.07, 6.45) is 15.1. The second-order valence-corrected chi connectivity index (χ2v) is 9.40. The van der Waals surface area contributed by atoms with Gasteiger partial charge in [0.2, 0.25) is 0 Å². The van der Waals surface area contributed by atoms with Crippen LogP contribution >= 0.6 is 0 Å². The van der Waals surface area contributed by atoms with E-state index in [1.165, 1.54) is 82.3 Å². The lowest BCUT2D eigenvalue weighted by Gasteiger charge is -2.42. The summed E-state index contributed by atoms with van der Waals surface area (Å²) in [6, 6.07) is 8.88. The number of fused-ring (bicyclic) bond motifs is 2. The van der Waals surface area contributed by atoms with Gasteiger partial charge in [0.1, 0.15) is 0 Å². The van der Waals surface area contributed by atoms with E-state index in [0.29, 0.717) is 11.3 Å². The number of hydrogen-bond donors (Lipinski definition) is 0. The lowest BCUT2D eigenvalue weighted by molar-refractivity contribution is 0.113. The summed E-state index contributed by atoms with van der Waals surface area (Å²) in [4.78, 5) is 0. The molecular formula is C26H34F2. The van der Waals surface area contributed by atoms with Gasteiger partial charge in [-0.15, -0.1) is 0 Å². The second-order valence-electron chi connectivity index (χ2n) is 9.40. The van der Waals surface area contributed by atoms with Gasteiger partial charge in [0, 0.05) is 5.39 Å². The van der Waals surface area contributed by atoms with Crippen LogP contribution in [0.2, 0.25) is 0 Å². The molecule has 2 saturated carbocycles. The van der Waals surface area contributed by atoms with E-state index in [1.54, 1.807) is 12.1 Å². The summed E-state index contributed by atoms with van der Waals surface area (Å²) in [5.74, 6) is 1.87. The minimum absolute atomic E-state index is 0.404. The molecule has 0 aliphatic heterocycles. The van der Waals surface area contributed by atoms with Gasteiger partial charge < -0.3 is 0 Å². The van der Waals surface area contributed by atoms with Gasteiger partial charge in [-0.2, -0.15) is 0 Å². The molecule has 28 heavy (non-hydrogen) atoms. The quantitative estimate of drug-likeness (QED) is 0.439. The van der Waals surface area contributed by atoms with Gasteiger partial charge in [0.25, 0.3) is 0 Å². The Kier molecular flexibility index (Phi) is 6.33. The Morgan fingerprint density at radius 1 is 0.857 bits per heavy atom. The smallest absolute Gasteiger partial charge is 0.166 e. The highest BCUT2D eigenvalue weighted by Gasteiger charge is 2.35. The van der Waals surface area contributed by atoms with Crippen molar-refractivity contribution >= 4 is 10.8 Å². The van der Waals surface area contributed by atoms with E-state index in [1.807, 2.05) is 6.07 Å². The molecule has 2 fully saturated rings. The van der Waals surface area contributed by atoms with Crippen LogP contribution < -0.4 is 0 Å². The molecule has 4 atom stereocenters. The van der Waals surface area contributed by atoms with E-state index in [4.69, 9.17) is 0 Å². The van der Waals surface area contributed by atoms with Crippen LogP contribution in [0.1, 0.15) is 89.0 Å². The zero-order valence-electron chi connectivity index (χ0n) is 17.2. The number of benzene rings is 2. The SMILES string of the molecule is CCCCCC[C@@H]1CC[C@@H]2CC(c3ccc4c(F)c(F)ccc4c3)CCC2C1. The third kappa shape index (κ3) is 4.26. The van der Waals surface area contributed by atoms with Crippen LogP contribution in [0.5, 0.6) is 0 Å². The highest BCUT2D eigenvalue weighted by molar-refractivity contribution is 5.84. The fraction of sp³-hybridized carbons (Fsp3) is 0.615. The van der Waals surface area contributed by atoms with Gasteiger partial charge in [-0.05, 0) is 72.8 Å². The monoisotopic (exact) mass is 384 g/mol. The molecule has 4 rings (SSSR count). The molecule has 2 aliphatic rings. The Labute approximate surface area is 168 Å². The molecule has 0 saturated heterocycles. The van der Waals surface area contributed by atoms with Crippen molar-refractivity contribution in [2.45, 2.75) is 83.5 Å². The van der Waals surface area contributed by atoms with E-state index >= 15 is 0 Å². The van der Waals surface area contributed by atoms with Crippen molar-refractivity contribution < 1.29 is 8.78 Å². The number of hydrogen-bond acceptors (Lipinski definition) is 0. The van der Waals surface area contributed by atoms with E-state index in [-0.39, 0.29) is 0 Å². The lowest BCUT2D eigenvalue weighted by Crippen LogP contribution is -2.30. The molecule has 0 N–H and O–H groups in total. The van der Waals surface area contributed by atoms with Gasteiger partial charge in [-0.3, -0.25) is 0 Å². The average Bonchev–Trinajstić information content (AvgIpc) is 2.73. The van der Waals surface area contributed by atoms with Crippen LogP contribution in [0, 0.1) is 29.4 Å². The first-order valence-electron chi connectivity index (χ1n) is 11.5. The van der Waals surface area contributed by atoms with Crippen molar-refractivity contribution in [1.82, 2.24) is 0 Å². The molecule has 0 bridgehead atoms. The fourth-order valence-corrected chi connectivity index (χ4v) is 5.95. The third-order valence-electron chi connectivity index (χ3n) is 7.59. The predicted molar refractivity (Wildman–Crippen MR) is 114 cm³/mol. The maximum atomic E-state index is 14.0. The Morgan fingerprint density at radius 2 is 1.68 bits per heavy atom. The van der Waals surface area contributed by atoms with Crippen molar-refractivity contribution in [3.63, 3.8) is 0 Å². The van der Waals surface area contributed by atoms with Crippen LogP contribution in [0.15, 0.2) is 30.3 Å². The van der Waals surface area contributed by atoms with Crippen LogP contribution in [0.25, 0.3) is 10.8 Å². The Bertz CT molecular complexity index is 796. The number of rotatable bonds is 6. The van der Waals surface area contributed by atoms with Crippen LogP contribution in [0.4, 0.5) is 8.78 Å². The highest BCUT2D eigenvalue weighted by Crippen LogP contribution is 2.48. The van der Waals surface area contributed by atoms with E-state index in [2.05, 4.69) is 13.0 Å². The maximum Gasteiger partial charge on any atom is 0.166 e. The zero-order chi connectivity index (χ0) is 19.5. The highest BCUT2D eigenvalue weighted by atomic mass is 19.2. The Morgan fingerprint density at radius 3 is 2.54 bits per heavy atom. The normalized spacial score (nSPS) is 27.7. The predicted octanol–water partition coefficient (Wildman–Crippen LogP) is 8.39. The van der Waals surface area contributed by atoms with Crippen LogP contribution in [-0.4, -0.2) is 0 Å². The first-order valence-corrected chi connectivity index (χ1v) is 11.5. The lowest BCUT2D eigenvalue weighted by atomic mass is 9.63. The molecule has 2 unspecified atom stereocenters. The van der Waals surface area contributed by atoms with Crippen molar-refractivity contribution in [2.24, 2.45) is 17.8 Å². The summed E-state index contributed by atoms with van der Waals surface area (Å²) in [5, 5.41) is 1.23. The molecule has 2 aromatic rings. The molecule has 0 radical (unpaired) electrons. The van der Waals surface area contributed by atoms with Crippen LogP contribution in [-0.2, 0) is 0 Å². The second kappa shape index (κ2) is 8.93. The van der Waals surface area contributed by atoms with Gasteiger partial charge >= 0.3 is 0 Å². The van der Waals surface area contributed by atoms with Gasteiger partial charge in [0.05, 0.1) is 0 Å². The first-order chi connectivity index (χ1) is 13.7. The molecule has 0 amide bonds. The summed E-state index contributed by atoms with van der Waals surface area (Å²) >= 11 is 0. The first kappa shape index (κ1) is 19.9. The van der Waals surface area contributed by atoms with Gasteiger partial charge in [-0.1, -0.05) is 69.7 Å². The molecule has 152 valence electrons. The standard InChI is InChI=1S/C26H34F2/c1-2-3-4-5-6-18-7-8-20-16-21(10-9-19(20)15-18)22-11-13-24-23(17-22)12-14-25(27)26(24)28/h11-14,17-21H,2-10,15-16H2,1H3/t18-,19?,20-,21?/m1/s1. The Balaban J connectivity index is 1.37. The summed E-state index contributed by atoms with van der Waals surface area (Å²) in [7, 11) is 0. The van der Waals surface area contributed by atoms with Crippen molar-refractivity contribution in [1.29, 1.82) is 0 Å². The minimum atomic E-state index is -0.757. The molecule has 0 nitrogen and oxygen atoms in total. The molecule has 0 heterocycles. The van der Waals surface area contributed by atoms with E-state index < -0.39 is 11.6 Å². The fourth-order valence-electron chi connectivity index (χ4n) is 5.95.